The lowest BCUT2D eigenvalue weighted by atomic mass is 10.3. The van der Waals surface area contributed by atoms with Gasteiger partial charge in [-0.15, -0.1) is 6.42 Å². The Kier molecular flexibility index (Phi) is 3.53. The minimum Gasteiger partial charge on any atom is -0.235 e. The second kappa shape index (κ2) is 4.49. The first-order valence-electron chi connectivity index (χ1n) is 3.81. The lowest BCUT2D eigenvalue weighted by Gasteiger charge is -2.03. The first-order valence-corrected chi connectivity index (χ1v) is 4.61. The summed E-state index contributed by atoms with van der Waals surface area (Å²) in [6.07, 6.45) is 0.145. The summed E-state index contributed by atoms with van der Waals surface area (Å²) in [6.45, 7) is 0. The van der Waals surface area contributed by atoms with Gasteiger partial charge in [0, 0.05) is 4.47 Å². The fourth-order valence-corrected chi connectivity index (χ4v) is 1.09. The van der Waals surface area contributed by atoms with Gasteiger partial charge in [0.2, 0.25) is 0 Å². The Morgan fingerprint density at radius 2 is 1.80 bits per heavy atom. The quantitative estimate of drug-likeness (QED) is 0.547. The molecule has 0 fully saturated rings. The molecule has 0 unspecified atom stereocenters. The highest BCUT2D eigenvalue weighted by Crippen LogP contribution is 2.22. The van der Waals surface area contributed by atoms with E-state index in [-0.39, 0.29) is 5.69 Å². The molecule has 0 aliphatic carbocycles. The molecule has 0 atom stereocenters. The molecule has 0 aromatic heterocycles. The SMILES string of the molecule is C#CC(=Nc1ccc(Br)cc1)C(F)(F)F. The van der Waals surface area contributed by atoms with Gasteiger partial charge < -0.3 is 0 Å². The molecule has 0 bridgehead atoms. The normalized spacial score (nSPS) is 12.3. The van der Waals surface area contributed by atoms with Crippen LogP contribution in [-0.4, -0.2) is 11.9 Å². The number of halogens is 4. The first-order chi connectivity index (χ1) is 6.93. The third-order valence-corrected chi connectivity index (χ3v) is 2.00. The van der Waals surface area contributed by atoms with Gasteiger partial charge in [0.15, 0.2) is 5.71 Å². The minimum absolute atomic E-state index is 0.170. The summed E-state index contributed by atoms with van der Waals surface area (Å²) in [6, 6.07) is 6.05. The molecule has 0 aliphatic rings. The van der Waals surface area contributed by atoms with E-state index >= 15 is 0 Å². The molecule has 78 valence electrons. The second-order valence-electron chi connectivity index (χ2n) is 2.58. The molecule has 0 saturated heterocycles. The Hall–Kier alpha value is -1.28. The van der Waals surface area contributed by atoms with Crippen molar-refractivity contribution in [2.24, 2.45) is 4.99 Å². The predicted molar refractivity (Wildman–Crippen MR) is 56.1 cm³/mol. The van der Waals surface area contributed by atoms with Gasteiger partial charge in [-0.05, 0) is 30.2 Å². The maximum Gasteiger partial charge on any atom is 0.441 e. The zero-order chi connectivity index (χ0) is 11.5. The average molecular weight is 276 g/mol. The van der Waals surface area contributed by atoms with Gasteiger partial charge in [-0.3, -0.25) is 0 Å². The number of hydrogen-bond donors (Lipinski definition) is 0. The van der Waals surface area contributed by atoms with Gasteiger partial charge in [-0.25, -0.2) is 4.99 Å². The van der Waals surface area contributed by atoms with E-state index in [1.807, 2.05) is 0 Å². The molecule has 0 amide bonds. The van der Waals surface area contributed by atoms with Crippen molar-refractivity contribution in [3.05, 3.63) is 28.7 Å². The van der Waals surface area contributed by atoms with Crippen molar-refractivity contribution < 1.29 is 13.2 Å². The van der Waals surface area contributed by atoms with E-state index in [1.165, 1.54) is 18.1 Å². The van der Waals surface area contributed by atoms with E-state index in [9.17, 15) is 13.2 Å². The summed E-state index contributed by atoms with van der Waals surface area (Å²) in [4.78, 5) is 3.32. The Morgan fingerprint density at radius 1 is 1.27 bits per heavy atom. The van der Waals surface area contributed by atoms with Crippen LogP contribution in [0, 0.1) is 12.3 Å². The van der Waals surface area contributed by atoms with Crippen LogP contribution in [0.2, 0.25) is 0 Å². The number of aliphatic imine (C=N–C) groups is 1. The summed E-state index contributed by atoms with van der Waals surface area (Å²) in [5.41, 5.74) is -1.06. The Labute approximate surface area is 93.1 Å². The molecular weight excluding hydrogens is 271 g/mol. The summed E-state index contributed by atoms with van der Waals surface area (Å²) >= 11 is 3.16. The minimum atomic E-state index is -4.58. The van der Waals surface area contributed by atoms with E-state index in [1.54, 1.807) is 12.1 Å². The number of rotatable bonds is 1. The predicted octanol–water partition coefficient (Wildman–Crippen LogP) is 3.72. The highest BCUT2D eigenvalue weighted by atomic mass is 79.9. The topological polar surface area (TPSA) is 12.4 Å². The highest BCUT2D eigenvalue weighted by molar-refractivity contribution is 9.10. The van der Waals surface area contributed by atoms with Crippen LogP contribution in [0.1, 0.15) is 0 Å². The standard InChI is InChI=1S/C10H5BrF3N/c1-2-9(10(12,13)14)15-8-5-3-7(11)4-6-8/h1,3-6H. The van der Waals surface area contributed by atoms with Crippen molar-refractivity contribution in [2.75, 3.05) is 0 Å². The Morgan fingerprint density at radius 3 is 2.20 bits per heavy atom. The monoisotopic (exact) mass is 275 g/mol. The molecule has 0 aliphatic heterocycles. The van der Waals surface area contributed by atoms with E-state index in [0.717, 1.165) is 4.47 Å². The van der Waals surface area contributed by atoms with Crippen LogP contribution >= 0.6 is 15.9 Å². The van der Waals surface area contributed by atoms with E-state index in [4.69, 9.17) is 6.42 Å². The van der Waals surface area contributed by atoms with Crippen LogP contribution in [0.4, 0.5) is 18.9 Å². The van der Waals surface area contributed by atoms with Gasteiger partial charge in [-0.2, -0.15) is 13.2 Å². The van der Waals surface area contributed by atoms with E-state index < -0.39 is 11.9 Å². The van der Waals surface area contributed by atoms with Gasteiger partial charge >= 0.3 is 6.18 Å². The van der Waals surface area contributed by atoms with Gasteiger partial charge in [0.1, 0.15) is 0 Å². The molecular formula is C10H5BrF3N. The fourth-order valence-electron chi connectivity index (χ4n) is 0.822. The number of hydrogen-bond acceptors (Lipinski definition) is 1. The van der Waals surface area contributed by atoms with Crippen LogP contribution in [-0.2, 0) is 0 Å². The number of nitrogens with zero attached hydrogens (tertiary/aromatic N) is 1. The van der Waals surface area contributed by atoms with Crippen molar-refractivity contribution in [2.45, 2.75) is 6.18 Å². The maximum absolute atomic E-state index is 12.2. The molecule has 0 radical (unpaired) electrons. The maximum atomic E-state index is 12.2. The number of benzene rings is 1. The summed E-state index contributed by atoms with van der Waals surface area (Å²) in [5, 5.41) is 0. The highest BCUT2D eigenvalue weighted by Gasteiger charge is 2.34. The molecule has 15 heavy (non-hydrogen) atoms. The van der Waals surface area contributed by atoms with Gasteiger partial charge in [0.25, 0.3) is 0 Å². The third kappa shape index (κ3) is 3.40. The molecule has 5 heteroatoms. The largest absolute Gasteiger partial charge is 0.441 e. The summed E-state index contributed by atoms with van der Waals surface area (Å²) in [7, 11) is 0. The first kappa shape index (κ1) is 11.8. The van der Waals surface area contributed by atoms with Crippen molar-refractivity contribution in [3.63, 3.8) is 0 Å². The number of terminal acetylenes is 1. The van der Waals surface area contributed by atoms with Crippen LogP contribution in [0.5, 0.6) is 0 Å². The molecule has 0 saturated carbocycles. The summed E-state index contributed by atoms with van der Waals surface area (Å²) in [5.74, 6) is 1.52. The lowest BCUT2D eigenvalue weighted by molar-refractivity contribution is -0.0571. The zero-order valence-electron chi connectivity index (χ0n) is 7.35. The van der Waals surface area contributed by atoms with Gasteiger partial charge in [0.05, 0.1) is 5.69 Å². The van der Waals surface area contributed by atoms with Crippen molar-refractivity contribution in [3.8, 4) is 12.3 Å². The molecule has 1 rings (SSSR count). The molecule has 1 aromatic rings. The average Bonchev–Trinajstić information content (AvgIpc) is 2.15. The summed E-state index contributed by atoms with van der Waals surface area (Å²) < 4.78 is 37.4. The van der Waals surface area contributed by atoms with Crippen molar-refractivity contribution >= 4 is 27.3 Å². The molecule has 1 aromatic carbocycles. The van der Waals surface area contributed by atoms with Crippen LogP contribution < -0.4 is 0 Å². The van der Waals surface area contributed by atoms with Crippen molar-refractivity contribution in [1.82, 2.24) is 0 Å². The zero-order valence-corrected chi connectivity index (χ0v) is 8.93. The van der Waals surface area contributed by atoms with Crippen LogP contribution in [0.15, 0.2) is 33.7 Å². The second-order valence-corrected chi connectivity index (χ2v) is 3.49. The Bertz CT molecular complexity index is 412. The van der Waals surface area contributed by atoms with Crippen molar-refractivity contribution in [1.29, 1.82) is 0 Å². The number of alkyl halides is 3. The van der Waals surface area contributed by atoms with Crippen LogP contribution in [0.3, 0.4) is 0 Å². The van der Waals surface area contributed by atoms with Gasteiger partial charge in [-0.1, -0.05) is 15.9 Å². The molecule has 0 heterocycles. The van der Waals surface area contributed by atoms with E-state index in [0.29, 0.717) is 0 Å². The van der Waals surface area contributed by atoms with E-state index in [2.05, 4.69) is 20.9 Å². The molecule has 0 N–H and O–H groups in total. The smallest absolute Gasteiger partial charge is 0.235 e. The fraction of sp³-hybridized carbons (Fsp3) is 0.100. The third-order valence-electron chi connectivity index (χ3n) is 1.47. The lowest BCUT2D eigenvalue weighted by Crippen LogP contribution is -2.20. The molecule has 0 spiro atoms. The molecule has 1 nitrogen and oxygen atoms in total. The van der Waals surface area contributed by atoms with Crippen LogP contribution in [0.25, 0.3) is 0 Å². The Balaban J connectivity index is 3.06.